The molecule has 0 radical (unpaired) electrons. The molecular weight excluding hydrogens is 656 g/mol. The number of aromatic nitrogens is 6. The van der Waals surface area contributed by atoms with Crippen molar-refractivity contribution in [3.63, 3.8) is 0 Å². The molecule has 0 aliphatic heterocycles. The fourth-order valence-electron chi connectivity index (χ4n) is 6.94. The molecule has 0 atom stereocenters. The van der Waals surface area contributed by atoms with E-state index in [1.807, 2.05) is 88.1 Å². The third kappa shape index (κ3) is 6.23. The number of tetrazole rings is 1. The van der Waals surface area contributed by atoms with Crippen LogP contribution in [0.25, 0.3) is 22.5 Å². The second-order valence-corrected chi connectivity index (χ2v) is 12.6. The summed E-state index contributed by atoms with van der Waals surface area (Å²) in [6.45, 7) is 2.48. The molecule has 7 aromatic rings. The van der Waals surface area contributed by atoms with E-state index in [-0.39, 0.29) is 10.8 Å². The lowest BCUT2D eigenvalue weighted by Crippen LogP contribution is -2.39. The largest absolute Gasteiger partial charge is 0.464 e. The molecule has 254 valence electrons. The van der Waals surface area contributed by atoms with Crippen LogP contribution in [-0.2, 0) is 23.2 Å². The van der Waals surface area contributed by atoms with Crippen LogP contribution < -0.4 is 0 Å². The number of methoxy groups -OCH3 is 1. The number of hydrogen-bond acceptors (Lipinski definition) is 6. The molecule has 0 fully saturated rings. The molecule has 0 amide bonds. The number of esters is 1. The number of nitrogens with zero attached hydrogens (tertiary/aromatic N) is 6. The van der Waals surface area contributed by atoms with Crippen molar-refractivity contribution in [2.24, 2.45) is 0 Å². The van der Waals surface area contributed by atoms with Crippen molar-refractivity contribution >= 4 is 17.6 Å². The standard InChI is InChI=1S/C42H37ClN6O2/c1-3-4-28-37-44-39(43)38(41(50)51-2)48(37)29-30-18-14-15-25-34(30)35-26-16-17-27-36(35)40-45-46-47-49(40)42(31-19-8-5-9-20-31,32-21-10-6-11-22-32)33-23-12-7-13-24-33/h5-27H,3-4,28-29H2,1-2H3. The molecule has 0 N–H and O–H groups in total. The van der Waals surface area contributed by atoms with Gasteiger partial charge in [-0.2, -0.15) is 0 Å². The van der Waals surface area contributed by atoms with Crippen LogP contribution in [0, 0.1) is 0 Å². The lowest BCUT2D eigenvalue weighted by molar-refractivity contribution is 0.0588. The van der Waals surface area contributed by atoms with E-state index >= 15 is 0 Å². The molecule has 8 nitrogen and oxygen atoms in total. The molecule has 0 saturated heterocycles. The Balaban J connectivity index is 1.44. The molecular formula is C42H37ClN6O2. The van der Waals surface area contributed by atoms with E-state index in [0.29, 0.717) is 18.8 Å². The average Bonchev–Trinajstić information content (AvgIpc) is 3.80. The number of carbonyl (C=O) groups is 1. The van der Waals surface area contributed by atoms with E-state index < -0.39 is 11.5 Å². The summed E-state index contributed by atoms with van der Waals surface area (Å²) in [7, 11) is 1.36. The number of benzene rings is 5. The minimum Gasteiger partial charge on any atom is -0.464 e. The first-order valence-corrected chi connectivity index (χ1v) is 17.4. The first kappa shape index (κ1) is 33.6. The van der Waals surface area contributed by atoms with Crippen LogP contribution in [0.15, 0.2) is 140 Å². The van der Waals surface area contributed by atoms with Crippen LogP contribution in [0.2, 0.25) is 5.15 Å². The Morgan fingerprint density at radius 2 is 1.25 bits per heavy atom. The fraction of sp³-hybridized carbons (Fsp3) is 0.167. The summed E-state index contributed by atoms with van der Waals surface area (Å²) in [5, 5.41) is 14.0. The van der Waals surface area contributed by atoms with Gasteiger partial charge in [-0.15, -0.1) is 5.10 Å². The van der Waals surface area contributed by atoms with Gasteiger partial charge in [0.1, 0.15) is 11.4 Å². The van der Waals surface area contributed by atoms with Gasteiger partial charge in [0.05, 0.1) is 13.7 Å². The molecule has 2 heterocycles. The van der Waals surface area contributed by atoms with E-state index in [2.05, 4.69) is 77.8 Å². The Morgan fingerprint density at radius 3 is 1.82 bits per heavy atom. The van der Waals surface area contributed by atoms with Crippen molar-refractivity contribution in [2.75, 3.05) is 7.11 Å². The van der Waals surface area contributed by atoms with Crippen LogP contribution in [0.5, 0.6) is 0 Å². The zero-order valence-electron chi connectivity index (χ0n) is 28.5. The maximum atomic E-state index is 13.0. The van der Waals surface area contributed by atoms with Crippen LogP contribution in [-0.4, -0.2) is 42.8 Å². The highest BCUT2D eigenvalue weighted by atomic mass is 35.5. The fourth-order valence-corrected chi connectivity index (χ4v) is 7.22. The minimum atomic E-state index is -0.910. The maximum Gasteiger partial charge on any atom is 0.357 e. The Bertz CT molecular complexity index is 2150. The van der Waals surface area contributed by atoms with E-state index in [1.54, 1.807) is 0 Å². The normalized spacial score (nSPS) is 11.4. The molecule has 0 saturated carbocycles. The molecule has 2 aromatic heterocycles. The predicted molar refractivity (Wildman–Crippen MR) is 200 cm³/mol. The van der Waals surface area contributed by atoms with E-state index in [4.69, 9.17) is 26.6 Å². The van der Waals surface area contributed by atoms with Crippen LogP contribution in [0.1, 0.15) is 58.3 Å². The summed E-state index contributed by atoms with van der Waals surface area (Å²) in [5.41, 5.74) is 6.11. The van der Waals surface area contributed by atoms with E-state index in [1.165, 1.54) is 7.11 Å². The van der Waals surface area contributed by atoms with Gasteiger partial charge in [0.25, 0.3) is 0 Å². The summed E-state index contributed by atoms with van der Waals surface area (Å²) in [6, 6.07) is 47.4. The van der Waals surface area contributed by atoms with Gasteiger partial charge in [0.15, 0.2) is 16.7 Å². The number of carbonyl (C=O) groups excluding carboxylic acids is 1. The topological polar surface area (TPSA) is 87.7 Å². The van der Waals surface area contributed by atoms with Crippen molar-refractivity contribution in [3.05, 3.63) is 178 Å². The smallest absolute Gasteiger partial charge is 0.357 e. The van der Waals surface area contributed by atoms with E-state index in [9.17, 15) is 4.79 Å². The minimum absolute atomic E-state index is 0.143. The highest BCUT2D eigenvalue weighted by Crippen LogP contribution is 2.43. The predicted octanol–water partition coefficient (Wildman–Crippen LogP) is 8.87. The van der Waals surface area contributed by atoms with Crippen molar-refractivity contribution in [1.29, 1.82) is 0 Å². The third-order valence-corrected chi connectivity index (χ3v) is 9.57. The summed E-state index contributed by atoms with van der Waals surface area (Å²) in [5.74, 6) is 0.820. The Hall–Kier alpha value is -5.86. The molecule has 0 bridgehead atoms. The third-order valence-electron chi connectivity index (χ3n) is 9.30. The monoisotopic (exact) mass is 692 g/mol. The highest BCUT2D eigenvalue weighted by Gasteiger charge is 2.42. The number of ether oxygens (including phenoxy) is 1. The van der Waals surface area contributed by atoms with Gasteiger partial charge in [0.2, 0.25) is 0 Å². The van der Waals surface area contributed by atoms with Gasteiger partial charge in [-0.1, -0.05) is 164 Å². The van der Waals surface area contributed by atoms with Gasteiger partial charge in [-0.05, 0) is 50.2 Å². The highest BCUT2D eigenvalue weighted by molar-refractivity contribution is 6.32. The quantitative estimate of drug-likeness (QED) is 0.0939. The second kappa shape index (κ2) is 14.9. The summed E-state index contributed by atoms with van der Waals surface area (Å²) in [6.07, 6.45) is 2.57. The van der Waals surface area contributed by atoms with Gasteiger partial charge in [-0.3, -0.25) is 0 Å². The summed E-state index contributed by atoms with van der Waals surface area (Å²) >= 11 is 6.57. The number of imidazole rings is 1. The maximum absolute atomic E-state index is 13.0. The summed E-state index contributed by atoms with van der Waals surface area (Å²) < 4.78 is 8.98. The number of unbranched alkanes of at least 4 members (excludes halogenated alkanes) is 1. The first-order chi connectivity index (χ1) is 25.1. The Labute approximate surface area is 302 Å². The van der Waals surface area contributed by atoms with Gasteiger partial charge >= 0.3 is 5.97 Å². The molecule has 9 heteroatoms. The Morgan fingerprint density at radius 1 is 0.725 bits per heavy atom. The van der Waals surface area contributed by atoms with Crippen molar-refractivity contribution in [1.82, 2.24) is 29.8 Å². The van der Waals surface area contributed by atoms with Gasteiger partial charge < -0.3 is 9.30 Å². The van der Waals surface area contributed by atoms with Crippen molar-refractivity contribution in [2.45, 2.75) is 38.3 Å². The average molecular weight is 693 g/mol. The number of hydrogen-bond donors (Lipinski definition) is 0. The molecule has 0 spiro atoms. The first-order valence-electron chi connectivity index (χ1n) is 17.0. The summed E-state index contributed by atoms with van der Waals surface area (Å²) in [4.78, 5) is 17.6. The zero-order valence-corrected chi connectivity index (χ0v) is 29.2. The zero-order chi connectivity index (χ0) is 35.2. The van der Waals surface area contributed by atoms with Crippen molar-refractivity contribution in [3.8, 4) is 22.5 Å². The second-order valence-electron chi connectivity index (χ2n) is 12.3. The molecule has 0 aliphatic carbocycles. The Kier molecular flexibility index (Phi) is 9.85. The number of aryl methyl sites for hydroxylation is 1. The number of rotatable bonds is 12. The molecule has 0 unspecified atom stereocenters. The lowest BCUT2D eigenvalue weighted by atomic mass is 9.77. The molecule has 5 aromatic carbocycles. The van der Waals surface area contributed by atoms with Crippen LogP contribution in [0.3, 0.4) is 0 Å². The van der Waals surface area contributed by atoms with Gasteiger partial charge in [-0.25, -0.2) is 14.5 Å². The van der Waals surface area contributed by atoms with Gasteiger partial charge in [0, 0.05) is 12.0 Å². The lowest BCUT2D eigenvalue weighted by Gasteiger charge is -2.36. The molecule has 0 aliphatic rings. The van der Waals surface area contributed by atoms with Crippen molar-refractivity contribution < 1.29 is 9.53 Å². The van der Waals surface area contributed by atoms with E-state index in [0.717, 1.165) is 57.6 Å². The number of halogens is 1. The molecule has 7 rings (SSSR count). The van der Waals surface area contributed by atoms with Crippen LogP contribution >= 0.6 is 11.6 Å². The SMILES string of the molecule is CCCCc1nc(Cl)c(C(=O)OC)n1Cc1ccccc1-c1ccccc1-c1nnnn1C(c1ccccc1)(c1ccccc1)c1ccccc1. The van der Waals surface area contributed by atoms with Crippen LogP contribution in [0.4, 0.5) is 0 Å². The molecule has 51 heavy (non-hydrogen) atoms.